The van der Waals surface area contributed by atoms with E-state index in [9.17, 15) is 14.4 Å². The molecule has 0 spiro atoms. The highest BCUT2D eigenvalue weighted by atomic mass is 32.2. The molecular weight excluding hydrogens is 414 g/mol. The number of nitrogens with zero attached hydrogens (tertiary/aromatic N) is 3. The van der Waals surface area contributed by atoms with Crippen LogP contribution in [0.5, 0.6) is 0 Å². The molecule has 0 saturated carbocycles. The summed E-state index contributed by atoms with van der Waals surface area (Å²) in [6.45, 7) is 4.73. The zero-order chi connectivity index (χ0) is 22.4. The number of aromatic nitrogens is 3. The number of hydrogen-bond donors (Lipinski definition) is 2. The summed E-state index contributed by atoms with van der Waals surface area (Å²) in [5.41, 5.74) is 1.63. The second kappa shape index (κ2) is 10.7. The number of H-pyrrole nitrogens is 1. The number of para-hydroxylation sites is 1. The van der Waals surface area contributed by atoms with Gasteiger partial charge in [0.25, 0.3) is 0 Å². The molecule has 8 nitrogen and oxygen atoms in total. The molecule has 168 valence electrons. The maximum atomic E-state index is 12.9. The summed E-state index contributed by atoms with van der Waals surface area (Å²) < 4.78 is 1.65. The fourth-order valence-corrected chi connectivity index (χ4v) is 4.58. The highest BCUT2D eigenvalue weighted by Gasteiger charge is 2.29. The average molecular weight is 446 g/mol. The van der Waals surface area contributed by atoms with E-state index < -0.39 is 6.04 Å². The van der Waals surface area contributed by atoms with Crippen molar-refractivity contribution in [3.8, 4) is 5.69 Å². The number of carbonyl (C=O) groups is 2. The normalized spacial score (nSPS) is 15.6. The minimum atomic E-state index is -0.459. The Balaban J connectivity index is 1.63. The van der Waals surface area contributed by atoms with Gasteiger partial charge in [-0.2, -0.15) is 16.9 Å². The third kappa shape index (κ3) is 5.78. The van der Waals surface area contributed by atoms with E-state index >= 15 is 0 Å². The van der Waals surface area contributed by atoms with E-state index in [2.05, 4.69) is 15.5 Å². The molecular formula is C22H31N5O3S. The molecule has 2 amide bonds. The Bertz CT molecular complexity index is 962. The molecule has 0 bridgehead atoms. The Labute approximate surface area is 186 Å². The predicted molar refractivity (Wildman–Crippen MR) is 123 cm³/mol. The molecule has 2 aromatic rings. The summed E-state index contributed by atoms with van der Waals surface area (Å²) in [4.78, 5) is 38.7. The second-order valence-corrected chi connectivity index (χ2v) is 9.06. The molecule has 9 heteroatoms. The van der Waals surface area contributed by atoms with Gasteiger partial charge in [-0.1, -0.05) is 18.2 Å². The third-order valence-corrected chi connectivity index (χ3v) is 6.43. The van der Waals surface area contributed by atoms with Crippen LogP contribution in [0.3, 0.4) is 0 Å². The van der Waals surface area contributed by atoms with Crippen molar-refractivity contribution in [2.75, 3.05) is 25.1 Å². The first kappa shape index (κ1) is 23.1. The van der Waals surface area contributed by atoms with Crippen molar-refractivity contribution in [2.45, 2.75) is 45.6 Å². The topological polar surface area (TPSA) is 100 Å². The molecule has 1 saturated heterocycles. The maximum absolute atomic E-state index is 12.9. The summed E-state index contributed by atoms with van der Waals surface area (Å²) in [5, 5.41) is 9.65. The van der Waals surface area contributed by atoms with Crippen molar-refractivity contribution in [2.24, 2.45) is 5.92 Å². The van der Waals surface area contributed by atoms with Gasteiger partial charge < -0.3 is 10.2 Å². The lowest BCUT2D eigenvalue weighted by atomic mass is 9.92. The summed E-state index contributed by atoms with van der Waals surface area (Å²) in [7, 11) is 0. The van der Waals surface area contributed by atoms with E-state index in [-0.39, 0.29) is 17.5 Å². The maximum Gasteiger partial charge on any atom is 0.347 e. The van der Waals surface area contributed by atoms with Crippen LogP contribution in [0.25, 0.3) is 5.69 Å². The SMILES string of the molecule is CSCCC(NC(C)=O)C(=O)N1CCC(Cc2n[nH]c(=O)n2-c2ccccc2C)CC1. The zero-order valence-electron chi connectivity index (χ0n) is 18.4. The lowest BCUT2D eigenvalue weighted by Crippen LogP contribution is -2.50. The number of rotatable bonds is 8. The van der Waals surface area contributed by atoms with Gasteiger partial charge in [0.05, 0.1) is 5.69 Å². The molecule has 1 aliphatic rings. The lowest BCUT2D eigenvalue weighted by Gasteiger charge is -2.34. The molecule has 1 aromatic carbocycles. The first-order chi connectivity index (χ1) is 14.9. The lowest BCUT2D eigenvalue weighted by molar-refractivity contribution is -0.137. The standard InChI is InChI=1S/C22H31N5O3S/c1-15-6-4-5-7-19(15)27-20(24-25-22(27)30)14-17-8-11-26(12-9-17)21(29)18(10-13-31-3)23-16(2)28/h4-7,17-18H,8-14H2,1-3H3,(H,23,28)(H,25,30). The minimum Gasteiger partial charge on any atom is -0.345 e. The van der Waals surface area contributed by atoms with Crippen LogP contribution in [-0.2, 0) is 16.0 Å². The van der Waals surface area contributed by atoms with Crippen LogP contribution in [0.15, 0.2) is 29.1 Å². The van der Waals surface area contributed by atoms with Gasteiger partial charge in [-0.05, 0) is 55.7 Å². The zero-order valence-corrected chi connectivity index (χ0v) is 19.2. The van der Waals surface area contributed by atoms with Crippen molar-refractivity contribution in [1.82, 2.24) is 25.0 Å². The minimum absolute atomic E-state index is 0.000659. The molecule has 1 aliphatic heterocycles. The van der Waals surface area contributed by atoms with Crippen LogP contribution in [0.2, 0.25) is 0 Å². The van der Waals surface area contributed by atoms with Crippen molar-refractivity contribution in [3.63, 3.8) is 0 Å². The predicted octanol–water partition coefficient (Wildman–Crippen LogP) is 1.91. The Hall–Kier alpha value is -2.55. The highest BCUT2D eigenvalue weighted by molar-refractivity contribution is 7.98. The molecule has 0 aliphatic carbocycles. The fourth-order valence-electron chi connectivity index (χ4n) is 4.10. The fraction of sp³-hybridized carbons (Fsp3) is 0.545. The first-order valence-corrected chi connectivity index (χ1v) is 12.1. The summed E-state index contributed by atoms with van der Waals surface area (Å²) >= 11 is 1.67. The van der Waals surface area contributed by atoms with Crippen molar-refractivity contribution >= 4 is 23.6 Å². The number of nitrogens with one attached hydrogen (secondary N) is 2. The Morgan fingerprint density at radius 3 is 2.65 bits per heavy atom. The van der Waals surface area contributed by atoms with Gasteiger partial charge in [0.15, 0.2) is 0 Å². The average Bonchev–Trinajstić information content (AvgIpc) is 3.11. The van der Waals surface area contributed by atoms with Gasteiger partial charge >= 0.3 is 5.69 Å². The molecule has 1 atom stereocenters. The largest absolute Gasteiger partial charge is 0.347 e. The van der Waals surface area contributed by atoms with Crippen LogP contribution >= 0.6 is 11.8 Å². The van der Waals surface area contributed by atoms with Gasteiger partial charge in [0, 0.05) is 26.4 Å². The molecule has 2 heterocycles. The number of thioether (sulfide) groups is 1. The number of carbonyl (C=O) groups excluding carboxylic acids is 2. The van der Waals surface area contributed by atoms with Crippen molar-refractivity contribution < 1.29 is 9.59 Å². The molecule has 3 rings (SSSR count). The highest BCUT2D eigenvalue weighted by Crippen LogP contribution is 2.23. The first-order valence-electron chi connectivity index (χ1n) is 10.7. The van der Waals surface area contributed by atoms with E-state index in [1.165, 1.54) is 6.92 Å². The Morgan fingerprint density at radius 1 is 1.29 bits per heavy atom. The van der Waals surface area contributed by atoms with E-state index in [1.807, 2.05) is 42.3 Å². The van der Waals surface area contributed by atoms with Crippen LogP contribution in [0, 0.1) is 12.8 Å². The number of piperidine rings is 1. The van der Waals surface area contributed by atoms with Crippen LogP contribution in [0.4, 0.5) is 0 Å². The van der Waals surface area contributed by atoms with Crippen LogP contribution in [-0.4, -0.2) is 62.6 Å². The van der Waals surface area contributed by atoms with Gasteiger partial charge in [0.2, 0.25) is 11.8 Å². The van der Waals surface area contributed by atoms with E-state index in [4.69, 9.17) is 0 Å². The van der Waals surface area contributed by atoms with E-state index in [0.717, 1.165) is 35.7 Å². The number of likely N-dealkylation sites (tertiary alicyclic amines) is 1. The third-order valence-electron chi connectivity index (χ3n) is 5.78. The molecule has 1 unspecified atom stereocenters. The number of amides is 2. The smallest absolute Gasteiger partial charge is 0.345 e. The molecule has 0 radical (unpaired) electrons. The van der Waals surface area contributed by atoms with E-state index in [1.54, 1.807) is 16.3 Å². The van der Waals surface area contributed by atoms with Gasteiger partial charge in [0.1, 0.15) is 11.9 Å². The van der Waals surface area contributed by atoms with Crippen LogP contribution in [0.1, 0.15) is 37.6 Å². The number of benzene rings is 1. The van der Waals surface area contributed by atoms with Gasteiger partial charge in [-0.15, -0.1) is 0 Å². The summed E-state index contributed by atoms with van der Waals surface area (Å²) in [6, 6.07) is 7.31. The number of hydrogen-bond acceptors (Lipinski definition) is 5. The number of aryl methyl sites for hydroxylation is 1. The molecule has 1 aromatic heterocycles. The van der Waals surface area contributed by atoms with Crippen molar-refractivity contribution in [1.29, 1.82) is 0 Å². The van der Waals surface area contributed by atoms with Gasteiger partial charge in [-0.25, -0.2) is 14.5 Å². The molecule has 31 heavy (non-hydrogen) atoms. The Kier molecular flexibility index (Phi) is 7.95. The Morgan fingerprint density at radius 2 is 2.00 bits per heavy atom. The molecule has 1 fully saturated rings. The second-order valence-electron chi connectivity index (χ2n) is 8.07. The quantitative estimate of drug-likeness (QED) is 0.647. The molecule has 2 N–H and O–H groups in total. The monoisotopic (exact) mass is 445 g/mol. The summed E-state index contributed by atoms with van der Waals surface area (Å²) in [5.74, 6) is 1.71. The summed E-state index contributed by atoms with van der Waals surface area (Å²) in [6.07, 6.45) is 4.99. The van der Waals surface area contributed by atoms with Crippen molar-refractivity contribution in [3.05, 3.63) is 46.1 Å². The van der Waals surface area contributed by atoms with Gasteiger partial charge in [-0.3, -0.25) is 9.59 Å². The number of aromatic amines is 1. The van der Waals surface area contributed by atoms with E-state index in [0.29, 0.717) is 31.8 Å². The van der Waals surface area contributed by atoms with Crippen LogP contribution < -0.4 is 11.0 Å².